The first-order valence-corrected chi connectivity index (χ1v) is 9.74. The maximum Gasteiger partial charge on any atom is 0.453 e. The van der Waals surface area contributed by atoms with E-state index in [1.54, 1.807) is 0 Å². The molecule has 1 heterocycles. The van der Waals surface area contributed by atoms with Gasteiger partial charge in [-0.2, -0.15) is 0 Å². The van der Waals surface area contributed by atoms with E-state index >= 15 is 0 Å². The first-order valence-electron chi connectivity index (χ1n) is 8.64. The van der Waals surface area contributed by atoms with Crippen molar-refractivity contribution in [2.24, 2.45) is 0 Å². The molecule has 3 aromatic carbocycles. The van der Waals surface area contributed by atoms with Gasteiger partial charge in [-0.15, -0.1) is 0 Å². The molecule has 0 aliphatic heterocycles. The normalized spacial score (nSPS) is 11.1. The highest BCUT2D eigenvalue weighted by molar-refractivity contribution is 7.32. The van der Waals surface area contributed by atoms with Crippen molar-refractivity contribution in [3.8, 4) is 5.75 Å². The number of aryl methyl sites for hydroxylation is 4. The molecule has 4 heteroatoms. The Bertz CT molecular complexity index is 1070. The first kappa shape index (κ1) is 16.8. The molecule has 0 bridgehead atoms. The van der Waals surface area contributed by atoms with Gasteiger partial charge in [0.05, 0.1) is 0 Å². The molecule has 0 spiro atoms. The molecule has 0 aliphatic rings. The van der Waals surface area contributed by atoms with E-state index < -0.39 is 8.24 Å². The Kier molecular flexibility index (Phi) is 4.26. The largest absolute Gasteiger partial charge is 0.453 e. The number of para-hydroxylation sites is 1. The van der Waals surface area contributed by atoms with Crippen LogP contribution >= 0.6 is 8.24 Å². The fourth-order valence-electron chi connectivity index (χ4n) is 3.14. The third-order valence-electron chi connectivity index (χ3n) is 4.91. The van der Waals surface area contributed by atoms with Crippen LogP contribution < -0.4 is 4.52 Å². The molecular weight excluding hydrogens is 343 g/mol. The molecule has 1 aromatic heterocycles. The standard InChI is InChI=1S/C22H21O3P/c1-14-10-12-19-21(16(14)3)22-17(4)15(2)11-13-20(22)25-26(24-19)23-18-8-6-5-7-9-18/h5-13H,1-4H3. The van der Waals surface area contributed by atoms with Gasteiger partial charge in [-0.1, -0.05) is 30.3 Å². The first-order chi connectivity index (χ1) is 12.5. The second-order valence-corrected chi connectivity index (χ2v) is 7.57. The van der Waals surface area contributed by atoms with Crippen molar-refractivity contribution in [2.75, 3.05) is 0 Å². The van der Waals surface area contributed by atoms with Crippen LogP contribution in [0.4, 0.5) is 0 Å². The molecular formula is C22H21O3P. The summed E-state index contributed by atoms with van der Waals surface area (Å²) in [5.41, 5.74) is 6.49. The molecule has 132 valence electrons. The van der Waals surface area contributed by atoms with Crippen LogP contribution in [0, 0.1) is 27.7 Å². The van der Waals surface area contributed by atoms with Crippen LogP contribution in [0.2, 0.25) is 0 Å². The van der Waals surface area contributed by atoms with E-state index in [4.69, 9.17) is 12.9 Å². The van der Waals surface area contributed by atoms with Gasteiger partial charge in [0.1, 0.15) is 16.9 Å². The van der Waals surface area contributed by atoms with Gasteiger partial charge in [0, 0.05) is 10.8 Å². The Morgan fingerprint density at radius 3 is 1.65 bits per heavy atom. The van der Waals surface area contributed by atoms with Gasteiger partial charge in [0.25, 0.3) is 0 Å². The second-order valence-electron chi connectivity index (χ2n) is 6.57. The van der Waals surface area contributed by atoms with Crippen LogP contribution in [-0.4, -0.2) is 0 Å². The number of hydrogen-bond donors (Lipinski definition) is 0. The van der Waals surface area contributed by atoms with Gasteiger partial charge in [-0.25, -0.2) is 0 Å². The van der Waals surface area contributed by atoms with Crippen molar-refractivity contribution >= 4 is 30.2 Å². The molecule has 0 N–H and O–H groups in total. The Morgan fingerprint density at radius 1 is 0.654 bits per heavy atom. The minimum atomic E-state index is -1.59. The third kappa shape index (κ3) is 2.89. The van der Waals surface area contributed by atoms with E-state index in [1.807, 2.05) is 42.5 Å². The zero-order valence-electron chi connectivity index (χ0n) is 15.4. The van der Waals surface area contributed by atoms with Gasteiger partial charge >= 0.3 is 8.24 Å². The van der Waals surface area contributed by atoms with Gasteiger partial charge in [0.15, 0.2) is 0 Å². The van der Waals surface area contributed by atoms with Crippen LogP contribution in [-0.2, 0) is 0 Å². The number of fused-ring (bicyclic) bond motifs is 3. The van der Waals surface area contributed by atoms with E-state index in [1.165, 1.54) is 22.3 Å². The lowest BCUT2D eigenvalue weighted by Crippen LogP contribution is -1.87. The average molecular weight is 364 g/mol. The highest BCUT2D eigenvalue weighted by atomic mass is 31.1. The monoisotopic (exact) mass is 364 g/mol. The lowest BCUT2D eigenvalue weighted by atomic mass is 9.97. The predicted molar refractivity (Wildman–Crippen MR) is 108 cm³/mol. The molecule has 0 aliphatic carbocycles. The molecule has 0 radical (unpaired) electrons. The predicted octanol–water partition coefficient (Wildman–Crippen LogP) is 7.37. The summed E-state index contributed by atoms with van der Waals surface area (Å²) in [6.07, 6.45) is 0. The molecule has 0 unspecified atom stereocenters. The fraction of sp³-hybridized carbons (Fsp3) is 0.182. The van der Waals surface area contributed by atoms with Crippen molar-refractivity contribution in [3.63, 3.8) is 0 Å². The molecule has 3 nitrogen and oxygen atoms in total. The maximum absolute atomic E-state index is 6.19. The van der Waals surface area contributed by atoms with E-state index in [0.29, 0.717) is 0 Å². The minimum Gasteiger partial charge on any atom is -0.391 e. The maximum atomic E-state index is 6.19. The summed E-state index contributed by atoms with van der Waals surface area (Å²) in [5.74, 6) is 0.733. The summed E-state index contributed by atoms with van der Waals surface area (Å²) < 4.78 is 18.4. The van der Waals surface area contributed by atoms with Crippen LogP contribution in [0.1, 0.15) is 22.3 Å². The van der Waals surface area contributed by atoms with Crippen molar-refractivity contribution in [2.45, 2.75) is 27.7 Å². The summed E-state index contributed by atoms with van der Waals surface area (Å²) in [7, 11) is -1.59. The van der Waals surface area contributed by atoms with Crippen molar-refractivity contribution in [3.05, 3.63) is 76.9 Å². The van der Waals surface area contributed by atoms with Crippen molar-refractivity contribution in [1.82, 2.24) is 0 Å². The second kappa shape index (κ2) is 6.59. The summed E-state index contributed by atoms with van der Waals surface area (Å²) in [6, 6.07) is 17.8. The molecule has 0 fully saturated rings. The summed E-state index contributed by atoms with van der Waals surface area (Å²) in [5, 5.41) is 2.20. The van der Waals surface area contributed by atoms with Crippen LogP contribution in [0.3, 0.4) is 0 Å². The molecule has 0 amide bonds. The third-order valence-corrected chi connectivity index (χ3v) is 5.97. The van der Waals surface area contributed by atoms with Crippen LogP contribution in [0.25, 0.3) is 21.9 Å². The number of hydrogen-bond acceptors (Lipinski definition) is 3. The van der Waals surface area contributed by atoms with Gasteiger partial charge in [0.2, 0.25) is 0 Å². The molecule has 4 rings (SSSR count). The molecule has 4 aromatic rings. The quantitative estimate of drug-likeness (QED) is 0.372. The highest BCUT2D eigenvalue weighted by Gasteiger charge is 2.14. The zero-order chi connectivity index (χ0) is 18.3. The Morgan fingerprint density at radius 2 is 1.15 bits per heavy atom. The number of rotatable bonds is 2. The molecule has 0 saturated heterocycles. The Hall–Kier alpha value is -2.64. The van der Waals surface area contributed by atoms with Gasteiger partial charge in [-0.05, 0) is 74.2 Å². The lowest BCUT2D eigenvalue weighted by molar-refractivity contribution is 0.498. The molecule has 0 atom stereocenters. The Labute approximate surface area is 153 Å². The van der Waals surface area contributed by atoms with E-state index in [2.05, 4.69) is 39.8 Å². The summed E-state index contributed by atoms with van der Waals surface area (Å²) in [6.45, 7) is 8.51. The average Bonchev–Trinajstić information content (AvgIpc) is 2.79. The van der Waals surface area contributed by atoms with Gasteiger partial charge < -0.3 is 12.9 Å². The van der Waals surface area contributed by atoms with Crippen molar-refractivity contribution in [1.29, 1.82) is 0 Å². The van der Waals surface area contributed by atoms with E-state index in [0.717, 1.165) is 27.7 Å². The SMILES string of the molecule is Cc1ccc2op(Oc3ccccc3)oc3ccc(C)c(C)c3c2c1C. The lowest BCUT2D eigenvalue weighted by Gasteiger charge is -2.07. The topological polar surface area (TPSA) is 35.5 Å². The summed E-state index contributed by atoms with van der Waals surface area (Å²) >= 11 is 0. The van der Waals surface area contributed by atoms with Crippen LogP contribution in [0.15, 0.2) is 63.0 Å². The fourth-order valence-corrected chi connectivity index (χ4v) is 4.17. The zero-order valence-corrected chi connectivity index (χ0v) is 16.3. The smallest absolute Gasteiger partial charge is 0.391 e. The van der Waals surface area contributed by atoms with E-state index in [9.17, 15) is 0 Å². The molecule has 26 heavy (non-hydrogen) atoms. The van der Waals surface area contributed by atoms with Gasteiger partial charge in [-0.3, -0.25) is 0 Å². The number of benzene rings is 3. The summed E-state index contributed by atoms with van der Waals surface area (Å²) in [4.78, 5) is 0. The minimum absolute atomic E-state index is 0.733. The highest BCUT2D eigenvalue weighted by Crippen LogP contribution is 2.39. The van der Waals surface area contributed by atoms with E-state index in [-0.39, 0.29) is 0 Å². The van der Waals surface area contributed by atoms with Crippen LogP contribution in [0.5, 0.6) is 5.75 Å². The Balaban J connectivity index is 2.11. The van der Waals surface area contributed by atoms with Crippen molar-refractivity contribution < 1.29 is 12.9 Å². The molecule has 0 saturated carbocycles.